The molecule has 0 unspecified atom stereocenters. The van der Waals surface area contributed by atoms with Crippen molar-refractivity contribution in [3.8, 4) is 0 Å². The third kappa shape index (κ3) is 1.85. The summed E-state index contributed by atoms with van der Waals surface area (Å²) < 4.78 is 0. The van der Waals surface area contributed by atoms with Crippen molar-refractivity contribution in [2.24, 2.45) is 4.99 Å². The summed E-state index contributed by atoms with van der Waals surface area (Å²) in [5, 5.41) is 0. The second kappa shape index (κ2) is 3.57. The smallest absolute Gasteiger partial charge is 0.0860 e. The summed E-state index contributed by atoms with van der Waals surface area (Å²) in [5.74, 6) is 0. The van der Waals surface area contributed by atoms with E-state index in [1.165, 1.54) is 0 Å². The third-order valence-electron chi connectivity index (χ3n) is 1.37. The highest BCUT2D eigenvalue weighted by Crippen LogP contribution is 2.23. The molecule has 0 fully saturated rings. The summed E-state index contributed by atoms with van der Waals surface area (Å²) in [6, 6.07) is 5.20. The van der Waals surface area contributed by atoms with Crippen molar-refractivity contribution in [3.63, 3.8) is 0 Å². The Hall–Kier alpha value is -1.77. The Kier molecular flexibility index (Phi) is 2.48. The van der Waals surface area contributed by atoms with Gasteiger partial charge in [0.1, 0.15) is 0 Å². The number of nitrogens with zero attached hydrogens (tertiary/aromatic N) is 1. The van der Waals surface area contributed by atoms with Gasteiger partial charge in [0.15, 0.2) is 0 Å². The van der Waals surface area contributed by atoms with Crippen molar-refractivity contribution < 1.29 is 0 Å². The Morgan fingerprint density at radius 2 is 2.08 bits per heavy atom. The van der Waals surface area contributed by atoms with Crippen LogP contribution < -0.4 is 11.5 Å². The topological polar surface area (TPSA) is 64.4 Å². The standard InChI is InChI=1S/C9H11N3/c1-2-5-12-9-4-3-7(10)6-8(9)11/h2-6H,1,10-11H2. The Morgan fingerprint density at radius 1 is 1.33 bits per heavy atom. The first-order valence-corrected chi connectivity index (χ1v) is 3.54. The Labute approximate surface area is 71.4 Å². The maximum Gasteiger partial charge on any atom is 0.0860 e. The van der Waals surface area contributed by atoms with E-state index < -0.39 is 0 Å². The van der Waals surface area contributed by atoms with Crippen molar-refractivity contribution in [1.29, 1.82) is 0 Å². The van der Waals surface area contributed by atoms with Gasteiger partial charge in [-0.1, -0.05) is 12.7 Å². The normalized spacial score (nSPS) is 10.3. The van der Waals surface area contributed by atoms with Crippen LogP contribution in [-0.2, 0) is 0 Å². The second-order valence-electron chi connectivity index (χ2n) is 2.33. The zero-order valence-electron chi connectivity index (χ0n) is 6.70. The summed E-state index contributed by atoms with van der Waals surface area (Å²) in [6.07, 6.45) is 3.18. The van der Waals surface area contributed by atoms with Gasteiger partial charge < -0.3 is 11.5 Å². The second-order valence-corrected chi connectivity index (χ2v) is 2.33. The van der Waals surface area contributed by atoms with E-state index in [-0.39, 0.29) is 0 Å². The van der Waals surface area contributed by atoms with E-state index in [1.54, 1.807) is 30.5 Å². The van der Waals surface area contributed by atoms with Gasteiger partial charge in [0, 0.05) is 11.9 Å². The van der Waals surface area contributed by atoms with Crippen LogP contribution in [-0.4, -0.2) is 6.21 Å². The van der Waals surface area contributed by atoms with Gasteiger partial charge in [0.2, 0.25) is 0 Å². The van der Waals surface area contributed by atoms with Crippen LogP contribution >= 0.6 is 0 Å². The van der Waals surface area contributed by atoms with E-state index >= 15 is 0 Å². The number of nitrogens with two attached hydrogens (primary N) is 2. The lowest BCUT2D eigenvalue weighted by Crippen LogP contribution is -1.89. The highest BCUT2D eigenvalue weighted by atomic mass is 14.8. The fourth-order valence-electron chi connectivity index (χ4n) is 0.824. The Morgan fingerprint density at radius 3 is 2.67 bits per heavy atom. The fourth-order valence-corrected chi connectivity index (χ4v) is 0.824. The van der Waals surface area contributed by atoms with Crippen LogP contribution in [0.15, 0.2) is 35.8 Å². The lowest BCUT2D eigenvalue weighted by Gasteiger charge is -1.99. The molecule has 0 atom stereocenters. The molecule has 1 rings (SSSR count). The first-order chi connectivity index (χ1) is 5.74. The Bertz CT molecular complexity index is 316. The summed E-state index contributed by atoms with van der Waals surface area (Å²) >= 11 is 0. The predicted molar refractivity (Wildman–Crippen MR) is 53.6 cm³/mol. The molecule has 0 aliphatic heterocycles. The summed E-state index contributed by atoms with van der Waals surface area (Å²) in [6.45, 7) is 3.51. The van der Waals surface area contributed by atoms with Crippen LogP contribution in [0.4, 0.5) is 17.1 Å². The molecule has 0 spiro atoms. The van der Waals surface area contributed by atoms with Crippen molar-refractivity contribution in [2.45, 2.75) is 0 Å². The molecule has 12 heavy (non-hydrogen) atoms. The van der Waals surface area contributed by atoms with Crippen LogP contribution in [0.2, 0.25) is 0 Å². The third-order valence-corrected chi connectivity index (χ3v) is 1.37. The van der Waals surface area contributed by atoms with Crippen LogP contribution in [0.3, 0.4) is 0 Å². The molecule has 0 aliphatic rings. The molecule has 0 amide bonds. The van der Waals surface area contributed by atoms with Crippen LogP contribution in [0, 0.1) is 0 Å². The Balaban J connectivity index is 3.01. The van der Waals surface area contributed by atoms with Crippen molar-refractivity contribution >= 4 is 23.3 Å². The highest BCUT2D eigenvalue weighted by Gasteiger charge is 1.94. The minimum Gasteiger partial charge on any atom is -0.399 e. The maximum absolute atomic E-state index is 5.63. The average Bonchev–Trinajstić information content (AvgIpc) is 2.03. The number of anilines is 2. The number of rotatable bonds is 2. The molecule has 1 aromatic carbocycles. The van der Waals surface area contributed by atoms with E-state index in [4.69, 9.17) is 11.5 Å². The van der Waals surface area contributed by atoms with E-state index in [9.17, 15) is 0 Å². The van der Waals surface area contributed by atoms with Crippen LogP contribution in [0.1, 0.15) is 0 Å². The van der Waals surface area contributed by atoms with E-state index in [1.807, 2.05) is 0 Å². The maximum atomic E-state index is 5.63. The summed E-state index contributed by atoms with van der Waals surface area (Å²) in [5.41, 5.74) is 13.1. The molecule has 3 nitrogen and oxygen atoms in total. The lowest BCUT2D eigenvalue weighted by molar-refractivity contribution is 1.53. The first kappa shape index (κ1) is 8.33. The number of benzene rings is 1. The van der Waals surface area contributed by atoms with Crippen molar-refractivity contribution in [1.82, 2.24) is 0 Å². The van der Waals surface area contributed by atoms with E-state index in [0.29, 0.717) is 17.1 Å². The molecular formula is C9H11N3. The predicted octanol–water partition coefficient (Wildman–Crippen LogP) is 1.74. The van der Waals surface area contributed by atoms with Gasteiger partial charge in [-0.2, -0.15) is 0 Å². The monoisotopic (exact) mass is 161 g/mol. The molecule has 3 heteroatoms. The largest absolute Gasteiger partial charge is 0.399 e. The SMILES string of the molecule is C=CC=Nc1ccc(N)cc1N. The molecule has 0 aliphatic carbocycles. The van der Waals surface area contributed by atoms with Gasteiger partial charge >= 0.3 is 0 Å². The fraction of sp³-hybridized carbons (Fsp3) is 0. The van der Waals surface area contributed by atoms with Crippen LogP contribution in [0.25, 0.3) is 0 Å². The molecular weight excluding hydrogens is 150 g/mol. The molecule has 0 saturated heterocycles. The van der Waals surface area contributed by atoms with Gasteiger partial charge in [-0.3, -0.25) is 4.99 Å². The molecule has 62 valence electrons. The van der Waals surface area contributed by atoms with Gasteiger partial charge in [-0.15, -0.1) is 0 Å². The zero-order chi connectivity index (χ0) is 8.97. The average molecular weight is 161 g/mol. The molecule has 0 radical (unpaired) electrons. The summed E-state index contributed by atoms with van der Waals surface area (Å²) in [4.78, 5) is 4.04. The molecule has 4 N–H and O–H groups in total. The molecule has 0 heterocycles. The zero-order valence-corrected chi connectivity index (χ0v) is 6.70. The molecule has 1 aromatic rings. The van der Waals surface area contributed by atoms with E-state index in [0.717, 1.165) is 0 Å². The first-order valence-electron chi connectivity index (χ1n) is 3.54. The van der Waals surface area contributed by atoms with Crippen molar-refractivity contribution in [3.05, 3.63) is 30.9 Å². The lowest BCUT2D eigenvalue weighted by atomic mass is 10.2. The van der Waals surface area contributed by atoms with Gasteiger partial charge in [0.25, 0.3) is 0 Å². The van der Waals surface area contributed by atoms with E-state index in [2.05, 4.69) is 11.6 Å². The molecule has 0 bridgehead atoms. The van der Waals surface area contributed by atoms with Crippen LogP contribution in [0.5, 0.6) is 0 Å². The number of allylic oxidation sites excluding steroid dienone is 1. The highest BCUT2D eigenvalue weighted by molar-refractivity contribution is 5.78. The van der Waals surface area contributed by atoms with Crippen molar-refractivity contribution in [2.75, 3.05) is 11.5 Å². The van der Waals surface area contributed by atoms with Gasteiger partial charge in [-0.25, -0.2) is 0 Å². The minimum atomic E-state index is 0.577. The number of hydrogen-bond acceptors (Lipinski definition) is 3. The minimum absolute atomic E-state index is 0.577. The molecule has 0 saturated carbocycles. The molecule has 0 aromatic heterocycles. The number of nitrogen functional groups attached to an aromatic ring is 2. The number of hydrogen-bond donors (Lipinski definition) is 2. The quantitative estimate of drug-likeness (QED) is 0.512. The number of aliphatic imine (C=N–C) groups is 1. The summed E-state index contributed by atoms with van der Waals surface area (Å²) in [7, 11) is 0. The van der Waals surface area contributed by atoms with Gasteiger partial charge in [0.05, 0.1) is 11.4 Å². The van der Waals surface area contributed by atoms with Gasteiger partial charge in [-0.05, 0) is 18.2 Å².